The number of rotatable bonds is 4. The molecule has 0 saturated carbocycles. The summed E-state index contributed by atoms with van der Waals surface area (Å²) in [5, 5.41) is 10.5. The van der Waals surface area contributed by atoms with Gasteiger partial charge < -0.3 is 5.32 Å². The highest BCUT2D eigenvalue weighted by molar-refractivity contribution is 9.10. The number of carbonyl (C=O) groups excluding carboxylic acids is 1. The summed E-state index contributed by atoms with van der Waals surface area (Å²) >= 11 is 3.29. The van der Waals surface area contributed by atoms with E-state index in [1.54, 1.807) is 29.2 Å². The van der Waals surface area contributed by atoms with Gasteiger partial charge in [0.2, 0.25) is 0 Å². The molecule has 0 aliphatic rings. The summed E-state index contributed by atoms with van der Waals surface area (Å²) in [5.41, 5.74) is 1.34. The SMILES string of the molecule is O=C(Nc1ccc(Br)cn1)c1cn(Cc2ccccc2)nn1. The molecule has 2 aromatic heterocycles. The minimum absolute atomic E-state index is 0.251. The highest BCUT2D eigenvalue weighted by atomic mass is 79.9. The summed E-state index contributed by atoms with van der Waals surface area (Å²) in [5.74, 6) is 0.125. The first-order valence-electron chi connectivity index (χ1n) is 6.58. The Morgan fingerprint density at radius 1 is 1.18 bits per heavy atom. The molecule has 1 amide bonds. The zero-order valence-electron chi connectivity index (χ0n) is 11.5. The van der Waals surface area contributed by atoms with E-state index in [0.717, 1.165) is 10.0 Å². The van der Waals surface area contributed by atoms with Gasteiger partial charge in [0.15, 0.2) is 5.69 Å². The van der Waals surface area contributed by atoms with Crippen molar-refractivity contribution in [2.45, 2.75) is 6.54 Å². The zero-order chi connectivity index (χ0) is 15.4. The van der Waals surface area contributed by atoms with Crippen LogP contribution < -0.4 is 5.32 Å². The van der Waals surface area contributed by atoms with Crippen molar-refractivity contribution in [3.05, 3.63) is 70.6 Å². The van der Waals surface area contributed by atoms with Gasteiger partial charge in [-0.2, -0.15) is 0 Å². The van der Waals surface area contributed by atoms with Crippen LogP contribution in [-0.2, 0) is 6.54 Å². The molecule has 0 radical (unpaired) electrons. The first-order chi connectivity index (χ1) is 10.7. The largest absolute Gasteiger partial charge is 0.305 e. The van der Waals surface area contributed by atoms with Crippen molar-refractivity contribution >= 4 is 27.7 Å². The third-order valence-corrected chi connectivity index (χ3v) is 3.40. The standard InChI is InChI=1S/C15H12BrN5O/c16-12-6-7-14(17-8-12)18-15(22)13-10-21(20-19-13)9-11-4-2-1-3-5-11/h1-8,10H,9H2,(H,17,18,22). The highest BCUT2D eigenvalue weighted by Crippen LogP contribution is 2.11. The number of nitrogens with zero attached hydrogens (tertiary/aromatic N) is 4. The van der Waals surface area contributed by atoms with Crippen molar-refractivity contribution in [1.82, 2.24) is 20.0 Å². The Bertz CT molecular complexity index is 770. The number of hydrogen-bond acceptors (Lipinski definition) is 4. The van der Waals surface area contributed by atoms with Gasteiger partial charge in [-0.15, -0.1) is 5.10 Å². The third-order valence-electron chi connectivity index (χ3n) is 2.93. The fourth-order valence-electron chi connectivity index (χ4n) is 1.88. The maximum atomic E-state index is 12.1. The molecule has 0 atom stereocenters. The topological polar surface area (TPSA) is 72.7 Å². The second-order valence-electron chi connectivity index (χ2n) is 4.60. The van der Waals surface area contributed by atoms with Gasteiger partial charge in [-0.1, -0.05) is 35.5 Å². The number of amides is 1. The van der Waals surface area contributed by atoms with E-state index in [1.807, 2.05) is 30.3 Å². The summed E-state index contributed by atoms with van der Waals surface area (Å²) in [6.45, 7) is 0.567. The number of anilines is 1. The van der Waals surface area contributed by atoms with Gasteiger partial charge in [-0.25, -0.2) is 9.67 Å². The van der Waals surface area contributed by atoms with Crippen LogP contribution in [-0.4, -0.2) is 25.9 Å². The average molecular weight is 358 g/mol. The number of aromatic nitrogens is 4. The number of pyridine rings is 1. The maximum Gasteiger partial charge on any atom is 0.278 e. The first-order valence-corrected chi connectivity index (χ1v) is 7.37. The smallest absolute Gasteiger partial charge is 0.278 e. The van der Waals surface area contributed by atoms with Gasteiger partial charge in [0.1, 0.15) is 5.82 Å². The Kier molecular flexibility index (Phi) is 4.24. The van der Waals surface area contributed by atoms with Crippen LogP contribution in [0.4, 0.5) is 5.82 Å². The Balaban J connectivity index is 1.67. The van der Waals surface area contributed by atoms with E-state index in [4.69, 9.17) is 0 Å². The summed E-state index contributed by atoms with van der Waals surface area (Å²) in [6.07, 6.45) is 3.23. The molecule has 2 heterocycles. The van der Waals surface area contributed by atoms with Gasteiger partial charge in [0.25, 0.3) is 5.91 Å². The van der Waals surface area contributed by atoms with Gasteiger partial charge in [-0.05, 0) is 33.6 Å². The molecule has 0 bridgehead atoms. The molecular weight excluding hydrogens is 346 g/mol. The molecule has 0 unspecified atom stereocenters. The van der Waals surface area contributed by atoms with Crippen LogP contribution in [0.15, 0.2) is 59.3 Å². The van der Waals surface area contributed by atoms with E-state index >= 15 is 0 Å². The highest BCUT2D eigenvalue weighted by Gasteiger charge is 2.11. The van der Waals surface area contributed by atoms with E-state index in [1.165, 1.54) is 0 Å². The lowest BCUT2D eigenvalue weighted by molar-refractivity contribution is 0.102. The molecule has 0 fully saturated rings. The van der Waals surface area contributed by atoms with Gasteiger partial charge >= 0.3 is 0 Å². The number of hydrogen-bond donors (Lipinski definition) is 1. The maximum absolute atomic E-state index is 12.1. The van der Waals surface area contributed by atoms with Gasteiger partial charge in [-0.3, -0.25) is 4.79 Å². The fraction of sp³-hybridized carbons (Fsp3) is 0.0667. The molecule has 7 heteroatoms. The Morgan fingerprint density at radius 3 is 2.73 bits per heavy atom. The number of benzene rings is 1. The molecule has 6 nitrogen and oxygen atoms in total. The lowest BCUT2D eigenvalue weighted by atomic mass is 10.2. The minimum Gasteiger partial charge on any atom is -0.305 e. The normalized spacial score (nSPS) is 10.4. The van der Waals surface area contributed by atoms with Crippen LogP contribution in [0.1, 0.15) is 16.1 Å². The van der Waals surface area contributed by atoms with E-state index in [9.17, 15) is 4.79 Å². The fourth-order valence-corrected chi connectivity index (χ4v) is 2.11. The molecule has 0 saturated heterocycles. The van der Waals surface area contributed by atoms with Gasteiger partial charge in [0, 0.05) is 10.7 Å². The van der Waals surface area contributed by atoms with Crippen molar-refractivity contribution in [1.29, 1.82) is 0 Å². The molecule has 0 aliphatic heterocycles. The van der Waals surface area contributed by atoms with Crippen LogP contribution in [0.25, 0.3) is 0 Å². The van der Waals surface area contributed by atoms with Gasteiger partial charge in [0.05, 0.1) is 12.7 Å². The average Bonchev–Trinajstić information content (AvgIpc) is 2.99. The summed E-state index contributed by atoms with van der Waals surface area (Å²) in [4.78, 5) is 16.2. The van der Waals surface area contributed by atoms with E-state index < -0.39 is 0 Å². The molecule has 0 spiro atoms. The monoisotopic (exact) mass is 357 g/mol. The predicted molar refractivity (Wildman–Crippen MR) is 85.5 cm³/mol. The quantitative estimate of drug-likeness (QED) is 0.778. The molecule has 22 heavy (non-hydrogen) atoms. The van der Waals surface area contributed by atoms with E-state index in [2.05, 4.69) is 36.5 Å². The van der Waals surface area contributed by atoms with Crippen LogP contribution in [0.2, 0.25) is 0 Å². The molecular formula is C15H12BrN5O. The Morgan fingerprint density at radius 2 is 2.00 bits per heavy atom. The summed E-state index contributed by atoms with van der Waals surface area (Å²) in [7, 11) is 0. The van der Waals surface area contributed by atoms with Crippen molar-refractivity contribution in [3.63, 3.8) is 0 Å². The molecule has 3 aromatic rings. The Labute approximate surface area is 135 Å². The van der Waals surface area contributed by atoms with Crippen LogP contribution >= 0.6 is 15.9 Å². The minimum atomic E-state index is -0.339. The number of halogens is 1. The third kappa shape index (κ3) is 3.56. The lowest BCUT2D eigenvalue weighted by Gasteiger charge is -2.01. The second-order valence-corrected chi connectivity index (χ2v) is 5.52. The molecule has 0 aliphatic carbocycles. The molecule has 110 valence electrons. The van der Waals surface area contributed by atoms with Crippen molar-refractivity contribution in [3.8, 4) is 0 Å². The van der Waals surface area contributed by atoms with Crippen LogP contribution in [0.5, 0.6) is 0 Å². The van der Waals surface area contributed by atoms with Crippen LogP contribution in [0.3, 0.4) is 0 Å². The molecule has 3 rings (SSSR count). The summed E-state index contributed by atoms with van der Waals surface area (Å²) < 4.78 is 2.47. The van der Waals surface area contributed by atoms with Crippen molar-refractivity contribution in [2.75, 3.05) is 5.32 Å². The predicted octanol–water partition coefficient (Wildman–Crippen LogP) is 2.74. The second kappa shape index (κ2) is 6.48. The van der Waals surface area contributed by atoms with Crippen LogP contribution in [0, 0.1) is 0 Å². The Hall–Kier alpha value is -2.54. The van der Waals surface area contributed by atoms with E-state index in [0.29, 0.717) is 12.4 Å². The molecule has 1 N–H and O–H groups in total. The number of nitrogens with one attached hydrogen (secondary N) is 1. The zero-order valence-corrected chi connectivity index (χ0v) is 13.1. The number of carbonyl (C=O) groups is 1. The summed E-state index contributed by atoms with van der Waals surface area (Å²) in [6, 6.07) is 13.4. The molecule has 1 aromatic carbocycles. The van der Waals surface area contributed by atoms with E-state index in [-0.39, 0.29) is 11.6 Å². The first kappa shape index (κ1) is 14.4. The van der Waals surface area contributed by atoms with Crippen molar-refractivity contribution in [2.24, 2.45) is 0 Å². The van der Waals surface area contributed by atoms with Crippen molar-refractivity contribution < 1.29 is 4.79 Å². The lowest BCUT2D eigenvalue weighted by Crippen LogP contribution is -2.13.